The number of ketones is 1. The lowest BCUT2D eigenvalue weighted by Crippen LogP contribution is -2.40. The molecule has 2 nitrogen and oxygen atoms in total. The molecule has 0 spiro atoms. The largest absolute Gasteiger partial charge is 0.497 e. The summed E-state index contributed by atoms with van der Waals surface area (Å²) in [6.07, 6.45) is 2.32. The highest BCUT2D eigenvalue weighted by Crippen LogP contribution is 2.40. The molecule has 1 unspecified atom stereocenters. The SMILES string of the molecule is CCOC1=CC(=O)C1(C)Cc1ccccc1. The predicted molar refractivity (Wildman–Crippen MR) is 63.0 cm³/mol. The smallest absolute Gasteiger partial charge is 0.172 e. The third-order valence-electron chi connectivity index (χ3n) is 3.05. The summed E-state index contributed by atoms with van der Waals surface area (Å²) in [6.45, 7) is 4.50. The molecular weight excluding hydrogens is 200 g/mol. The highest BCUT2D eigenvalue weighted by molar-refractivity contribution is 6.04. The van der Waals surface area contributed by atoms with E-state index < -0.39 is 5.41 Å². The fraction of sp³-hybridized carbons (Fsp3) is 0.357. The van der Waals surface area contributed by atoms with E-state index >= 15 is 0 Å². The maximum atomic E-state index is 11.7. The van der Waals surface area contributed by atoms with Gasteiger partial charge in [-0.1, -0.05) is 30.3 Å². The van der Waals surface area contributed by atoms with Crippen molar-refractivity contribution < 1.29 is 9.53 Å². The van der Waals surface area contributed by atoms with Gasteiger partial charge in [0.25, 0.3) is 0 Å². The second kappa shape index (κ2) is 4.12. The van der Waals surface area contributed by atoms with E-state index in [2.05, 4.69) is 0 Å². The molecule has 2 heteroatoms. The molecule has 16 heavy (non-hydrogen) atoms. The van der Waals surface area contributed by atoms with E-state index in [4.69, 9.17) is 4.74 Å². The first-order valence-corrected chi connectivity index (χ1v) is 5.60. The number of hydrogen-bond acceptors (Lipinski definition) is 2. The lowest BCUT2D eigenvalue weighted by molar-refractivity contribution is -0.127. The quantitative estimate of drug-likeness (QED) is 0.773. The van der Waals surface area contributed by atoms with Crippen molar-refractivity contribution in [1.29, 1.82) is 0 Å². The Hall–Kier alpha value is -1.57. The molecule has 0 fully saturated rings. The molecule has 0 bridgehead atoms. The summed E-state index contributed by atoms with van der Waals surface area (Å²) in [6, 6.07) is 10.0. The Morgan fingerprint density at radius 3 is 2.50 bits per heavy atom. The van der Waals surface area contributed by atoms with E-state index in [-0.39, 0.29) is 5.78 Å². The molecule has 1 aromatic rings. The highest BCUT2D eigenvalue weighted by Gasteiger charge is 2.45. The van der Waals surface area contributed by atoms with Crippen LogP contribution in [0.25, 0.3) is 0 Å². The van der Waals surface area contributed by atoms with Crippen molar-refractivity contribution in [2.45, 2.75) is 20.3 Å². The first-order valence-electron chi connectivity index (χ1n) is 5.60. The molecule has 2 rings (SSSR count). The molecule has 84 valence electrons. The Morgan fingerprint density at radius 2 is 1.94 bits per heavy atom. The number of benzene rings is 1. The minimum Gasteiger partial charge on any atom is -0.497 e. The minimum absolute atomic E-state index is 0.166. The first kappa shape index (κ1) is 10.9. The van der Waals surface area contributed by atoms with Gasteiger partial charge in [-0.05, 0) is 25.8 Å². The van der Waals surface area contributed by atoms with Crippen LogP contribution in [0, 0.1) is 5.41 Å². The van der Waals surface area contributed by atoms with Crippen molar-refractivity contribution in [1.82, 2.24) is 0 Å². The number of allylic oxidation sites excluding steroid dienone is 2. The predicted octanol–water partition coefficient (Wildman–Crippen LogP) is 2.74. The summed E-state index contributed by atoms with van der Waals surface area (Å²) in [5.74, 6) is 0.989. The van der Waals surface area contributed by atoms with Crippen LogP contribution in [0.15, 0.2) is 42.2 Å². The van der Waals surface area contributed by atoms with Gasteiger partial charge in [0.05, 0.1) is 12.0 Å². The molecule has 1 aliphatic carbocycles. The molecular formula is C14H16O2. The first-order chi connectivity index (χ1) is 7.66. The number of ether oxygens (including phenoxy) is 1. The number of carbonyl (C=O) groups is 1. The molecule has 0 aliphatic heterocycles. The van der Waals surface area contributed by atoms with E-state index in [9.17, 15) is 4.79 Å². The van der Waals surface area contributed by atoms with Crippen LogP contribution in [0.4, 0.5) is 0 Å². The van der Waals surface area contributed by atoms with E-state index in [1.807, 2.05) is 44.2 Å². The van der Waals surface area contributed by atoms with Gasteiger partial charge in [0, 0.05) is 6.08 Å². The number of carbonyl (C=O) groups excluding carboxylic acids is 1. The lowest BCUT2D eigenvalue weighted by atomic mass is 9.70. The summed E-state index contributed by atoms with van der Waals surface area (Å²) in [4.78, 5) is 11.7. The average Bonchev–Trinajstić information content (AvgIpc) is 2.30. The summed E-state index contributed by atoms with van der Waals surface area (Å²) < 4.78 is 5.48. The Bertz CT molecular complexity index is 420. The minimum atomic E-state index is -0.447. The molecule has 0 saturated carbocycles. The van der Waals surface area contributed by atoms with E-state index in [1.165, 1.54) is 5.56 Å². The van der Waals surface area contributed by atoms with E-state index in [0.717, 1.165) is 12.2 Å². The third kappa shape index (κ3) is 1.75. The zero-order valence-electron chi connectivity index (χ0n) is 9.69. The molecule has 1 aliphatic rings. The number of hydrogen-bond donors (Lipinski definition) is 0. The lowest BCUT2D eigenvalue weighted by Gasteiger charge is -2.36. The molecule has 0 aromatic heterocycles. The van der Waals surface area contributed by atoms with Gasteiger partial charge in [0.1, 0.15) is 5.76 Å². The molecule has 0 heterocycles. The molecule has 0 N–H and O–H groups in total. The molecule has 1 atom stereocenters. The van der Waals surface area contributed by atoms with Gasteiger partial charge in [-0.25, -0.2) is 0 Å². The van der Waals surface area contributed by atoms with Crippen LogP contribution in [-0.4, -0.2) is 12.4 Å². The van der Waals surface area contributed by atoms with Crippen molar-refractivity contribution in [3.05, 3.63) is 47.7 Å². The van der Waals surface area contributed by atoms with Crippen molar-refractivity contribution in [3.8, 4) is 0 Å². The second-order valence-corrected chi connectivity index (χ2v) is 4.30. The zero-order valence-corrected chi connectivity index (χ0v) is 9.69. The fourth-order valence-electron chi connectivity index (χ4n) is 2.02. The third-order valence-corrected chi connectivity index (χ3v) is 3.05. The fourth-order valence-corrected chi connectivity index (χ4v) is 2.02. The van der Waals surface area contributed by atoms with Crippen LogP contribution in [-0.2, 0) is 16.0 Å². The van der Waals surface area contributed by atoms with Gasteiger partial charge in [-0.3, -0.25) is 4.79 Å². The monoisotopic (exact) mass is 216 g/mol. The normalized spacial score (nSPS) is 23.6. The van der Waals surface area contributed by atoms with Crippen molar-refractivity contribution in [3.63, 3.8) is 0 Å². The Balaban J connectivity index is 2.15. The van der Waals surface area contributed by atoms with Crippen LogP contribution >= 0.6 is 0 Å². The standard InChI is InChI=1S/C14H16O2/c1-3-16-13-9-12(15)14(13,2)10-11-7-5-4-6-8-11/h4-9H,3,10H2,1-2H3. The van der Waals surface area contributed by atoms with Crippen LogP contribution in [0.2, 0.25) is 0 Å². The van der Waals surface area contributed by atoms with E-state index in [0.29, 0.717) is 6.61 Å². The summed E-state index contributed by atoms with van der Waals surface area (Å²) in [5, 5.41) is 0. The van der Waals surface area contributed by atoms with Crippen LogP contribution in [0.3, 0.4) is 0 Å². The van der Waals surface area contributed by atoms with Gasteiger partial charge >= 0.3 is 0 Å². The van der Waals surface area contributed by atoms with Gasteiger partial charge in [-0.15, -0.1) is 0 Å². The Labute approximate surface area is 95.9 Å². The molecule has 1 aromatic carbocycles. The van der Waals surface area contributed by atoms with Crippen molar-refractivity contribution in [2.75, 3.05) is 6.61 Å². The van der Waals surface area contributed by atoms with Crippen molar-refractivity contribution >= 4 is 5.78 Å². The van der Waals surface area contributed by atoms with E-state index in [1.54, 1.807) is 6.08 Å². The van der Waals surface area contributed by atoms with Gasteiger partial charge < -0.3 is 4.74 Å². The topological polar surface area (TPSA) is 26.3 Å². The van der Waals surface area contributed by atoms with Crippen molar-refractivity contribution in [2.24, 2.45) is 5.41 Å². The molecule has 0 amide bonds. The average molecular weight is 216 g/mol. The van der Waals surface area contributed by atoms with Gasteiger partial charge in [0.15, 0.2) is 5.78 Å². The molecule has 0 saturated heterocycles. The summed E-state index contributed by atoms with van der Waals surface area (Å²) in [5.41, 5.74) is 0.723. The zero-order chi connectivity index (χ0) is 11.6. The summed E-state index contributed by atoms with van der Waals surface area (Å²) >= 11 is 0. The number of rotatable bonds is 4. The maximum Gasteiger partial charge on any atom is 0.172 e. The highest BCUT2D eigenvalue weighted by atomic mass is 16.5. The maximum absolute atomic E-state index is 11.7. The summed E-state index contributed by atoms with van der Waals surface area (Å²) in [7, 11) is 0. The van der Waals surface area contributed by atoms with Gasteiger partial charge in [-0.2, -0.15) is 0 Å². The van der Waals surface area contributed by atoms with Gasteiger partial charge in [0.2, 0.25) is 0 Å². The Morgan fingerprint density at radius 1 is 1.25 bits per heavy atom. The molecule has 0 radical (unpaired) electrons. The second-order valence-electron chi connectivity index (χ2n) is 4.30. The van der Waals surface area contributed by atoms with Crippen LogP contribution in [0.5, 0.6) is 0 Å². The Kier molecular flexibility index (Phi) is 2.82. The van der Waals surface area contributed by atoms with Crippen LogP contribution in [0.1, 0.15) is 19.4 Å². The van der Waals surface area contributed by atoms with Crippen LogP contribution < -0.4 is 0 Å².